The minimum atomic E-state index is -0.856. The molecule has 1 heterocycles. The molecule has 1 aliphatic rings. The maximum Gasteiger partial charge on any atom is 0.317 e. The summed E-state index contributed by atoms with van der Waals surface area (Å²) in [7, 11) is 0. The lowest BCUT2D eigenvalue weighted by Crippen LogP contribution is -2.45. The molecule has 0 unspecified atom stereocenters. The van der Waals surface area contributed by atoms with Crippen molar-refractivity contribution in [2.24, 2.45) is 0 Å². The monoisotopic (exact) mass is 248 g/mol. The number of carbonyl (C=O) groups is 2. The summed E-state index contributed by atoms with van der Waals surface area (Å²) >= 11 is 0. The van der Waals surface area contributed by atoms with Crippen molar-refractivity contribution in [3.8, 4) is 0 Å². The number of hydrogen-bond acceptors (Lipinski definition) is 2. The summed E-state index contributed by atoms with van der Waals surface area (Å²) in [6.45, 7) is 1.90. The van der Waals surface area contributed by atoms with Crippen LogP contribution in [0.3, 0.4) is 0 Å². The lowest BCUT2D eigenvalue weighted by molar-refractivity contribution is -0.136. The van der Waals surface area contributed by atoms with Gasteiger partial charge < -0.3 is 15.3 Å². The van der Waals surface area contributed by atoms with Gasteiger partial charge in [-0.3, -0.25) is 4.79 Å². The average Bonchev–Trinajstić information content (AvgIpc) is 2.34. The normalized spacial score (nSPS) is 15.3. The Balaban J connectivity index is 2.12. The van der Waals surface area contributed by atoms with Crippen LogP contribution in [0.5, 0.6) is 0 Å². The molecule has 1 fully saturated rings. The second-order valence-electron chi connectivity index (χ2n) is 4.35. The Bertz CT molecular complexity index is 459. The Labute approximate surface area is 105 Å². The summed E-state index contributed by atoms with van der Waals surface area (Å²) in [5.41, 5.74) is 1.67. The maximum absolute atomic E-state index is 11.6. The minimum Gasteiger partial charge on any atom is -0.481 e. The molecule has 2 amide bonds. The molecular weight excluding hydrogens is 232 g/mol. The molecule has 0 aromatic heterocycles. The highest BCUT2D eigenvalue weighted by Crippen LogP contribution is 2.14. The highest BCUT2D eigenvalue weighted by molar-refractivity contribution is 5.75. The first kappa shape index (κ1) is 12.4. The number of amides is 2. The standard InChI is InChI=1S/C13H16N2O3/c16-12(17)8-10-4-1-2-5-11(10)9-15-7-3-6-14-13(15)18/h1-2,4-5H,3,6-9H2,(H,14,18)(H,16,17). The number of carbonyl (C=O) groups excluding carboxylic acids is 1. The summed E-state index contributed by atoms with van der Waals surface area (Å²) < 4.78 is 0. The van der Waals surface area contributed by atoms with E-state index in [0.717, 1.165) is 17.5 Å². The molecule has 1 aromatic rings. The number of hydrogen-bond donors (Lipinski definition) is 2. The summed E-state index contributed by atoms with van der Waals surface area (Å²) in [4.78, 5) is 24.1. The molecule has 0 aliphatic carbocycles. The Morgan fingerprint density at radius 2 is 2.06 bits per heavy atom. The SMILES string of the molecule is O=C(O)Cc1ccccc1CN1CCCNC1=O. The van der Waals surface area contributed by atoms with Gasteiger partial charge in [0.2, 0.25) is 0 Å². The highest BCUT2D eigenvalue weighted by atomic mass is 16.4. The molecule has 96 valence electrons. The molecular formula is C13H16N2O3. The molecule has 2 rings (SSSR count). The molecule has 0 saturated carbocycles. The fourth-order valence-corrected chi connectivity index (χ4v) is 2.08. The Kier molecular flexibility index (Phi) is 3.82. The largest absolute Gasteiger partial charge is 0.481 e. The number of nitrogens with zero attached hydrogens (tertiary/aromatic N) is 1. The fraction of sp³-hybridized carbons (Fsp3) is 0.385. The van der Waals surface area contributed by atoms with Gasteiger partial charge in [0, 0.05) is 19.6 Å². The van der Waals surface area contributed by atoms with Crippen LogP contribution in [0.4, 0.5) is 4.79 Å². The molecule has 18 heavy (non-hydrogen) atoms. The van der Waals surface area contributed by atoms with E-state index < -0.39 is 5.97 Å². The highest BCUT2D eigenvalue weighted by Gasteiger charge is 2.18. The van der Waals surface area contributed by atoms with E-state index in [0.29, 0.717) is 19.6 Å². The van der Waals surface area contributed by atoms with E-state index in [9.17, 15) is 9.59 Å². The molecule has 5 nitrogen and oxygen atoms in total. The van der Waals surface area contributed by atoms with Gasteiger partial charge in [0.25, 0.3) is 0 Å². The topological polar surface area (TPSA) is 69.6 Å². The number of aliphatic carboxylic acids is 1. The summed E-state index contributed by atoms with van der Waals surface area (Å²) in [5.74, 6) is -0.856. The minimum absolute atomic E-state index is 0.00830. The Morgan fingerprint density at radius 1 is 1.33 bits per heavy atom. The number of carboxylic acid groups (broad SMARTS) is 1. The lowest BCUT2D eigenvalue weighted by Gasteiger charge is -2.28. The van der Waals surface area contributed by atoms with E-state index in [1.807, 2.05) is 18.2 Å². The first-order valence-electron chi connectivity index (χ1n) is 5.98. The van der Waals surface area contributed by atoms with Gasteiger partial charge in [-0.15, -0.1) is 0 Å². The van der Waals surface area contributed by atoms with Crippen molar-refractivity contribution in [3.05, 3.63) is 35.4 Å². The Hall–Kier alpha value is -2.04. The van der Waals surface area contributed by atoms with E-state index in [1.54, 1.807) is 11.0 Å². The van der Waals surface area contributed by atoms with Crippen molar-refractivity contribution in [3.63, 3.8) is 0 Å². The first-order chi connectivity index (χ1) is 8.66. The zero-order valence-electron chi connectivity index (χ0n) is 10.1. The fourth-order valence-electron chi connectivity index (χ4n) is 2.08. The molecule has 0 atom stereocenters. The predicted molar refractivity (Wildman–Crippen MR) is 66.2 cm³/mol. The zero-order chi connectivity index (χ0) is 13.0. The van der Waals surface area contributed by atoms with Crippen molar-refractivity contribution < 1.29 is 14.7 Å². The molecule has 1 saturated heterocycles. The zero-order valence-corrected chi connectivity index (χ0v) is 10.1. The molecule has 0 spiro atoms. The summed E-state index contributed by atoms with van der Waals surface area (Å²) in [6, 6.07) is 7.28. The van der Waals surface area contributed by atoms with Gasteiger partial charge in [-0.2, -0.15) is 0 Å². The van der Waals surface area contributed by atoms with Crippen molar-refractivity contribution in [2.45, 2.75) is 19.4 Å². The number of urea groups is 1. The van der Waals surface area contributed by atoms with Crippen molar-refractivity contribution in [1.29, 1.82) is 0 Å². The second-order valence-corrected chi connectivity index (χ2v) is 4.35. The molecule has 2 N–H and O–H groups in total. The van der Waals surface area contributed by atoms with E-state index in [4.69, 9.17) is 5.11 Å². The Morgan fingerprint density at radius 3 is 2.72 bits per heavy atom. The smallest absolute Gasteiger partial charge is 0.317 e. The maximum atomic E-state index is 11.6. The van der Waals surface area contributed by atoms with Crippen LogP contribution in [0.2, 0.25) is 0 Å². The van der Waals surface area contributed by atoms with E-state index >= 15 is 0 Å². The third-order valence-electron chi connectivity index (χ3n) is 2.99. The van der Waals surface area contributed by atoms with Gasteiger partial charge in [0.1, 0.15) is 0 Å². The number of rotatable bonds is 4. The third-order valence-corrected chi connectivity index (χ3v) is 2.99. The van der Waals surface area contributed by atoms with Crippen LogP contribution in [-0.2, 0) is 17.8 Å². The van der Waals surface area contributed by atoms with Crippen molar-refractivity contribution in [2.75, 3.05) is 13.1 Å². The van der Waals surface area contributed by atoms with Gasteiger partial charge >= 0.3 is 12.0 Å². The van der Waals surface area contributed by atoms with E-state index in [1.165, 1.54) is 0 Å². The van der Waals surface area contributed by atoms with E-state index in [-0.39, 0.29) is 12.5 Å². The average molecular weight is 248 g/mol. The molecule has 0 bridgehead atoms. The van der Waals surface area contributed by atoms with Gasteiger partial charge in [0.05, 0.1) is 6.42 Å². The number of nitrogens with one attached hydrogen (secondary N) is 1. The summed E-state index contributed by atoms with van der Waals surface area (Å²) in [5, 5.41) is 11.6. The molecule has 5 heteroatoms. The van der Waals surface area contributed by atoms with Crippen LogP contribution in [0.1, 0.15) is 17.5 Å². The first-order valence-corrected chi connectivity index (χ1v) is 5.98. The molecule has 1 aromatic carbocycles. The van der Waals surface area contributed by atoms with Crippen molar-refractivity contribution >= 4 is 12.0 Å². The van der Waals surface area contributed by atoms with Crippen molar-refractivity contribution in [1.82, 2.24) is 10.2 Å². The third kappa shape index (κ3) is 3.00. The van der Waals surface area contributed by atoms with Crippen LogP contribution in [0, 0.1) is 0 Å². The lowest BCUT2D eigenvalue weighted by atomic mass is 10.0. The van der Waals surface area contributed by atoms with Gasteiger partial charge in [-0.05, 0) is 17.5 Å². The number of benzene rings is 1. The van der Waals surface area contributed by atoms with Crippen LogP contribution in [-0.4, -0.2) is 35.1 Å². The second kappa shape index (κ2) is 5.53. The van der Waals surface area contributed by atoms with Crippen LogP contribution < -0.4 is 5.32 Å². The molecule has 1 aliphatic heterocycles. The van der Waals surface area contributed by atoms with Gasteiger partial charge in [-0.1, -0.05) is 24.3 Å². The van der Waals surface area contributed by atoms with Crippen LogP contribution >= 0.6 is 0 Å². The van der Waals surface area contributed by atoms with Crippen LogP contribution in [0.15, 0.2) is 24.3 Å². The quantitative estimate of drug-likeness (QED) is 0.842. The number of carboxylic acids is 1. The van der Waals surface area contributed by atoms with Gasteiger partial charge in [-0.25, -0.2) is 4.79 Å². The van der Waals surface area contributed by atoms with Gasteiger partial charge in [0.15, 0.2) is 0 Å². The molecule has 0 radical (unpaired) electrons. The van der Waals surface area contributed by atoms with E-state index in [2.05, 4.69) is 5.32 Å². The van der Waals surface area contributed by atoms with Crippen LogP contribution in [0.25, 0.3) is 0 Å². The summed E-state index contributed by atoms with van der Waals surface area (Å²) in [6.07, 6.45) is 0.915. The predicted octanol–water partition coefficient (Wildman–Crippen LogP) is 1.23.